The molecule has 0 aliphatic heterocycles. The van der Waals surface area contributed by atoms with E-state index in [0.717, 1.165) is 5.75 Å². The molecule has 0 saturated carbocycles. The number of nitrogens with one attached hydrogen (secondary N) is 1. The molecule has 0 aliphatic carbocycles. The maximum atomic E-state index is 12.1. The number of amides is 1. The lowest BCUT2D eigenvalue weighted by Gasteiger charge is -2.15. The molecule has 0 aliphatic rings. The van der Waals surface area contributed by atoms with Crippen molar-refractivity contribution in [3.8, 4) is 11.5 Å². The summed E-state index contributed by atoms with van der Waals surface area (Å²) in [5.74, 6) is 1.16. The maximum Gasteiger partial charge on any atom is 0.266 e. The highest BCUT2D eigenvalue weighted by Crippen LogP contribution is 2.18. The standard InChI is InChI=1S/C18H23N3O4/c1-3-24-15-7-9-16(10-8-15)25-14(2)18(23)19-11-5-13-21-17(22)6-4-12-20-21/h4,6-10,12,14H,3,5,11,13H2,1-2H3,(H,19,23)/t14-/m1/s1. The van der Waals surface area contributed by atoms with Gasteiger partial charge in [-0.3, -0.25) is 9.59 Å². The molecule has 1 aromatic heterocycles. The molecular weight excluding hydrogens is 322 g/mol. The molecule has 2 rings (SSSR count). The van der Waals surface area contributed by atoms with E-state index < -0.39 is 6.10 Å². The molecule has 0 bridgehead atoms. The number of carbonyl (C=O) groups is 1. The van der Waals surface area contributed by atoms with Crippen LogP contribution in [0.3, 0.4) is 0 Å². The summed E-state index contributed by atoms with van der Waals surface area (Å²) in [6.07, 6.45) is 1.56. The first kappa shape index (κ1) is 18.5. The Bertz CT molecular complexity index is 728. The zero-order chi connectivity index (χ0) is 18.1. The molecule has 0 fully saturated rings. The minimum Gasteiger partial charge on any atom is -0.494 e. The fourth-order valence-corrected chi connectivity index (χ4v) is 2.18. The van der Waals surface area contributed by atoms with Gasteiger partial charge in [0.2, 0.25) is 0 Å². The number of rotatable bonds is 9. The highest BCUT2D eigenvalue weighted by molar-refractivity contribution is 5.80. The van der Waals surface area contributed by atoms with Gasteiger partial charge in [-0.15, -0.1) is 0 Å². The Balaban J connectivity index is 1.72. The Labute approximate surface area is 146 Å². The largest absolute Gasteiger partial charge is 0.494 e. The van der Waals surface area contributed by atoms with Gasteiger partial charge >= 0.3 is 0 Å². The summed E-state index contributed by atoms with van der Waals surface area (Å²) in [7, 11) is 0. The molecule has 1 heterocycles. The van der Waals surface area contributed by atoms with E-state index in [1.165, 1.54) is 10.7 Å². The zero-order valence-electron chi connectivity index (χ0n) is 14.5. The van der Waals surface area contributed by atoms with Crippen molar-refractivity contribution in [2.24, 2.45) is 0 Å². The Morgan fingerprint density at radius 1 is 1.24 bits per heavy atom. The third-order valence-electron chi connectivity index (χ3n) is 3.45. The lowest BCUT2D eigenvalue weighted by molar-refractivity contribution is -0.127. The molecule has 7 heteroatoms. The van der Waals surface area contributed by atoms with Crippen molar-refractivity contribution in [2.75, 3.05) is 13.2 Å². The smallest absolute Gasteiger partial charge is 0.266 e. The van der Waals surface area contributed by atoms with E-state index in [9.17, 15) is 9.59 Å². The summed E-state index contributed by atoms with van der Waals surface area (Å²) < 4.78 is 12.3. The van der Waals surface area contributed by atoms with Gasteiger partial charge in [-0.25, -0.2) is 4.68 Å². The van der Waals surface area contributed by atoms with Gasteiger partial charge in [0.15, 0.2) is 6.10 Å². The molecule has 7 nitrogen and oxygen atoms in total. The van der Waals surface area contributed by atoms with Crippen LogP contribution in [0.25, 0.3) is 0 Å². The normalized spacial score (nSPS) is 11.6. The van der Waals surface area contributed by atoms with Gasteiger partial charge in [0.25, 0.3) is 11.5 Å². The van der Waals surface area contributed by atoms with E-state index in [-0.39, 0.29) is 11.5 Å². The second-order valence-corrected chi connectivity index (χ2v) is 5.39. The molecule has 134 valence electrons. The topological polar surface area (TPSA) is 82.4 Å². The third-order valence-corrected chi connectivity index (χ3v) is 3.45. The first-order valence-electron chi connectivity index (χ1n) is 8.29. The average molecular weight is 345 g/mol. The summed E-state index contributed by atoms with van der Waals surface area (Å²) >= 11 is 0. The van der Waals surface area contributed by atoms with Crippen LogP contribution < -0.4 is 20.3 Å². The van der Waals surface area contributed by atoms with Crippen LogP contribution in [0.4, 0.5) is 0 Å². The highest BCUT2D eigenvalue weighted by Gasteiger charge is 2.14. The van der Waals surface area contributed by atoms with Crippen LogP contribution in [-0.4, -0.2) is 34.9 Å². The molecule has 1 amide bonds. The van der Waals surface area contributed by atoms with Crippen LogP contribution in [0.1, 0.15) is 20.3 Å². The Morgan fingerprint density at radius 2 is 1.96 bits per heavy atom. The number of carbonyl (C=O) groups excluding carboxylic acids is 1. The fraction of sp³-hybridized carbons (Fsp3) is 0.389. The fourth-order valence-electron chi connectivity index (χ4n) is 2.18. The molecule has 0 radical (unpaired) electrons. The number of nitrogens with zero attached hydrogens (tertiary/aromatic N) is 2. The number of aryl methyl sites for hydroxylation is 1. The minimum atomic E-state index is -0.615. The Morgan fingerprint density at radius 3 is 2.64 bits per heavy atom. The molecule has 0 unspecified atom stereocenters. The third kappa shape index (κ3) is 5.95. The van der Waals surface area contributed by atoms with Crippen LogP contribution in [0.15, 0.2) is 47.4 Å². The molecule has 0 saturated heterocycles. The van der Waals surface area contributed by atoms with Crippen molar-refractivity contribution in [3.05, 3.63) is 52.9 Å². The predicted molar refractivity (Wildman–Crippen MR) is 93.8 cm³/mol. The number of hydrogen-bond donors (Lipinski definition) is 1. The van der Waals surface area contributed by atoms with Gasteiger partial charge in [-0.05, 0) is 50.6 Å². The highest BCUT2D eigenvalue weighted by atomic mass is 16.5. The monoisotopic (exact) mass is 345 g/mol. The molecule has 1 aromatic carbocycles. The van der Waals surface area contributed by atoms with Crippen molar-refractivity contribution in [3.63, 3.8) is 0 Å². The first-order valence-corrected chi connectivity index (χ1v) is 8.29. The van der Waals surface area contributed by atoms with E-state index in [4.69, 9.17) is 9.47 Å². The van der Waals surface area contributed by atoms with Crippen molar-refractivity contribution >= 4 is 5.91 Å². The summed E-state index contributed by atoms with van der Waals surface area (Å²) in [4.78, 5) is 23.6. The van der Waals surface area contributed by atoms with Gasteiger partial charge in [-0.2, -0.15) is 5.10 Å². The second-order valence-electron chi connectivity index (χ2n) is 5.39. The summed E-state index contributed by atoms with van der Waals surface area (Å²) in [5.41, 5.74) is -0.152. The van der Waals surface area contributed by atoms with Crippen LogP contribution >= 0.6 is 0 Å². The van der Waals surface area contributed by atoms with Crippen molar-refractivity contribution < 1.29 is 14.3 Å². The average Bonchev–Trinajstić information content (AvgIpc) is 2.61. The molecule has 2 aromatic rings. The molecule has 0 spiro atoms. The summed E-state index contributed by atoms with van der Waals surface area (Å²) in [6, 6.07) is 10.2. The van der Waals surface area contributed by atoms with Crippen LogP contribution in [-0.2, 0) is 11.3 Å². The number of ether oxygens (including phenoxy) is 2. The maximum absolute atomic E-state index is 12.1. The van der Waals surface area contributed by atoms with Crippen LogP contribution in [0, 0.1) is 0 Å². The summed E-state index contributed by atoms with van der Waals surface area (Å²) in [6.45, 7) is 5.10. The lowest BCUT2D eigenvalue weighted by Crippen LogP contribution is -2.37. The zero-order valence-corrected chi connectivity index (χ0v) is 14.5. The van der Waals surface area contributed by atoms with Crippen LogP contribution in [0.2, 0.25) is 0 Å². The van der Waals surface area contributed by atoms with Gasteiger partial charge in [0.05, 0.1) is 6.61 Å². The quantitative estimate of drug-likeness (QED) is 0.698. The Kier molecular flexibility index (Phi) is 7.00. The molecule has 1 atom stereocenters. The van der Waals surface area contributed by atoms with Crippen molar-refractivity contribution in [2.45, 2.75) is 32.9 Å². The van der Waals surface area contributed by atoms with E-state index in [0.29, 0.717) is 31.9 Å². The number of benzene rings is 1. The van der Waals surface area contributed by atoms with Gasteiger partial charge < -0.3 is 14.8 Å². The lowest BCUT2D eigenvalue weighted by atomic mass is 10.3. The van der Waals surface area contributed by atoms with Crippen molar-refractivity contribution in [1.82, 2.24) is 15.1 Å². The second kappa shape index (κ2) is 9.46. The molecular formula is C18H23N3O4. The summed E-state index contributed by atoms with van der Waals surface area (Å²) in [5, 5.41) is 6.75. The van der Waals surface area contributed by atoms with Gasteiger partial charge in [0.1, 0.15) is 11.5 Å². The first-order chi connectivity index (χ1) is 12.1. The predicted octanol–water partition coefficient (Wildman–Crippen LogP) is 1.62. The van der Waals surface area contributed by atoms with E-state index in [2.05, 4.69) is 10.4 Å². The number of aromatic nitrogens is 2. The number of hydrogen-bond acceptors (Lipinski definition) is 5. The SMILES string of the molecule is CCOc1ccc(O[C@H](C)C(=O)NCCCn2ncccc2=O)cc1. The molecule has 1 N–H and O–H groups in total. The molecule has 25 heavy (non-hydrogen) atoms. The van der Waals surface area contributed by atoms with Crippen LogP contribution in [0.5, 0.6) is 11.5 Å². The van der Waals surface area contributed by atoms with E-state index in [1.54, 1.807) is 43.5 Å². The van der Waals surface area contributed by atoms with E-state index >= 15 is 0 Å². The van der Waals surface area contributed by atoms with Gasteiger partial charge in [0, 0.05) is 25.4 Å². The minimum absolute atomic E-state index is 0.152. The van der Waals surface area contributed by atoms with E-state index in [1.807, 2.05) is 6.92 Å². The van der Waals surface area contributed by atoms with Crippen molar-refractivity contribution in [1.29, 1.82) is 0 Å². The van der Waals surface area contributed by atoms with Gasteiger partial charge in [-0.1, -0.05) is 0 Å². The Hall–Kier alpha value is -2.83.